The van der Waals surface area contributed by atoms with Gasteiger partial charge in [-0.2, -0.15) is 0 Å². The molecule has 118 valence electrons. The molecule has 21 heavy (non-hydrogen) atoms. The number of amides is 1. The van der Waals surface area contributed by atoms with E-state index in [-0.39, 0.29) is 34.4 Å². The van der Waals surface area contributed by atoms with Crippen molar-refractivity contribution < 1.29 is 9.18 Å². The lowest BCUT2D eigenvalue weighted by molar-refractivity contribution is 0.0925. The van der Waals surface area contributed by atoms with Gasteiger partial charge in [-0.3, -0.25) is 4.79 Å². The first-order valence-electron chi connectivity index (χ1n) is 6.87. The van der Waals surface area contributed by atoms with Crippen LogP contribution in [0, 0.1) is 11.2 Å². The molecule has 0 aromatic heterocycles. The van der Waals surface area contributed by atoms with Crippen LogP contribution in [0.25, 0.3) is 0 Å². The average Bonchev–Trinajstić information content (AvgIpc) is 2.36. The second-order valence-electron chi connectivity index (χ2n) is 5.93. The fourth-order valence-electron chi connectivity index (χ4n) is 2.58. The topological polar surface area (TPSA) is 41.1 Å². The van der Waals surface area contributed by atoms with Gasteiger partial charge in [0.2, 0.25) is 0 Å². The number of hydrogen-bond donors (Lipinski definition) is 2. The summed E-state index contributed by atoms with van der Waals surface area (Å²) in [5.41, 5.74) is 0.160. The van der Waals surface area contributed by atoms with Crippen LogP contribution < -0.4 is 10.6 Å². The van der Waals surface area contributed by atoms with Crippen LogP contribution in [0.1, 0.15) is 37.0 Å². The standard InChI is InChI=1S/C15H20ClFN2O.ClH/c1-15(2)6-3-7-18-13(15)9-19-14(20)11-5-4-10(16)8-12(11)17;/h4-5,8,13,18H,3,6-7,9H2,1-2H3,(H,19,20);1H. The van der Waals surface area contributed by atoms with Gasteiger partial charge in [0.05, 0.1) is 5.56 Å². The van der Waals surface area contributed by atoms with E-state index in [4.69, 9.17) is 11.6 Å². The molecule has 6 heteroatoms. The van der Waals surface area contributed by atoms with Crippen molar-refractivity contribution in [2.24, 2.45) is 5.41 Å². The lowest BCUT2D eigenvalue weighted by Gasteiger charge is -2.39. The first kappa shape index (κ1) is 18.2. The Morgan fingerprint density at radius 3 is 2.86 bits per heavy atom. The molecule has 1 heterocycles. The van der Waals surface area contributed by atoms with Crippen molar-refractivity contribution >= 4 is 29.9 Å². The highest BCUT2D eigenvalue weighted by Gasteiger charge is 2.32. The molecular weight excluding hydrogens is 314 g/mol. The second-order valence-corrected chi connectivity index (χ2v) is 6.37. The van der Waals surface area contributed by atoms with Gasteiger partial charge in [0, 0.05) is 17.6 Å². The second kappa shape index (κ2) is 7.43. The predicted octanol–water partition coefficient (Wildman–Crippen LogP) is 3.41. The lowest BCUT2D eigenvalue weighted by Crippen LogP contribution is -2.52. The Bertz CT molecular complexity index is 508. The van der Waals surface area contributed by atoms with Crippen LogP contribution in [0.15, 0.2) is 18.2 Å². The molecular formula is C15H21Cl2FN2O. The highest BCUT2D eigenvalue weighted by atomic mass is 35.5. The molecule has 1 aromatic carbocycles. The van der Waals surface area contributed by atoms with Gasteiger partial charge in [-0.05, 0) is 43.0 Å². The number of piperidine rings is 1. The largest absolute Gasteiger partial charge is 0.350 e. The fourth-order valence-corrected chi connectivity index (χ4v) is 2.74. The van der Waals surface area contributed by atoms with E-state index >= 15 is 0 Å². The van der Waals surface area contributed by atoms with Gasteiger partial charge in [0.15, 0.2) is 0 Å². The van der Waals surface area contributed by atoms with Gasteiger partial charge in [-0.25, -0.2) is 4.39 Å². The molecule has 1 unspecified atom stereocenters. The predicted molar refractivity (Wildman–Crippen MR) is 85.8 cm³/mol. The molecule has 3 nitrogen and oxygen atoms in total. The molecule has 2 rings (SSSR count). The summed E-state index contributed by atoms with van der Waals surface area (Å²) < 4.78 is 13.7. The first-order chi connectivity index (χ1) is 9.40. The van der Waals surface area contributed by atoms with Crippen molar-refractivity contribution in [2.75, 3.05) is 13.1 Å². The van der Waals surface area contributed by atoms with Crippen molar-refractivity contribution in [1.82, 2.24) is 10.6 Å². The summed E-state index contributed by atoms with van der Waals surface area (Å²) in [6, 6.07) is 4.28. The summed E-state index contributed by atoms with van der Waals surface area (Å²) in [7, 11) is 0. The smallest absolute Gasteiger partial charge is 0.254 e. The Balaban J connectivity index is 0.00000220. The average molecular weight is 335 g/mol. The number of nitrogens with one attached hydrogen (secondary N) is 2. The van der Waals surface area contributed by atoms with Gasteiger partial charge >= 0.3 is 0 Å². The van der Waals surface area contributed by atoms with E-state index < -0.39 is 11.7 Å². The SMILES string of the molecule is CC1(C)CCCNC1CNC(=O)c1ccc(Cl)cc1F.Cl. The Morgan fingerprint density at radius 1 is 1.52 bits per heavy atom. The summed E-state index contributed by atoms with van der Waals surface area (Å²) in [6.07, 6.45) is 2.26. The van der Waals surface area contributed by atoms with Crippen molar-refractivity contribution in [3.8, 4) is 0 Å². The lowest BCUT2D eigenvalue weighted by atomic mass is 9.77. The Labute approximate surface area is 136 Å². The molecule has 0 radical (unpaired) electrons. The summed E-state index contributed by atoms with van der Waals surface area (Å²) in [4.78, 5) is 12.0. The Hall–Kier alpha value is -0.840. The number of carbonyl (C=O) groups excluding carboxylic acids is 1. The molecule has 0 bridgehead atoms. The summed E-state index contributed by atoms with van der Waals surface area (Å²) in [5, 5.41) is 6.50. The zero-order chi connectivity index (χ0) is 14.8. The summed E-state index contributed by atoms with van der Waals surface area (Å²) in [6.45, 7) is 5.81. The molecule has 1 aromatic rings. The van der Waals surface area contributed by atoms with Crippen LogP contribution in [0.2, 0.25) is 5.02 Å². The molecule has 0 aliphatic carbocycles. The van der Waals surface area contributed by atoms with E-state index in [0.717, 1.165) is 25.5 Å². The van der Waals surface area contributed by atoms with Crippen LogP contribution in [-0.4, -0.2) is 25.0 Å². The Kier molecular flexibility index (Phi) is 6.44. The van der Waals surface area contributed by atoms with Crippen LogP contribution in [0.4, 0.5) is 4.39 Å². The van der Waals surface area contributed by atoms with Crippen LogP contribution in [0.3, 0.4) is 0 Å². The molecule has 1 aliphatic rings. The molecule has 1 amide bonds. The third kappa shape index (κ3) is 4.56. The van der Waals surface area contributed by atoms with Gasteiger partial charge in [-0.1, -0.05) is 25.4 Å². The number of rotatable bonds is 3. The van der Waals surface area contributed by atoms with Crippen molar-refractivity contribution in [3.63, 3.8) is 0 Å². The third-order valence-corrected chi connectivity index (χ3v) is 4.21. The Morgan fingerprint density at radius 2 is 2.24 bits per heavy atom. The minimum absolute atomic E-state index is 0. The van der Waals surface area contributed by atoms with E-state index in [1.807, 2.05) is 0 Å². The van der Waals surface area contributed by atoms with Crippen LogP contribution >= 0.6 is 24.0 Å². The number of halogens is 3. The maximum atomic E-state index is 13.7. The zero-order valence-corrected chi connectivity index (χ0v) is 13.8. The van der Waals surface area contributed by atoms with Crippen molar-refractivity contribution in [2.45, 2.75) is 32.7 Å². The van der Waals surface area contributed by atoms with Crippen LogP contribution in [-0.2, 0) is 0 Å². The van der Waals surface area contributed by atoms with Crippen LogP contribution in [0.5, 0.6) is 0 Å². The molecule has 2 N–H and O–H groups in total. The van der Waals surface area contributed by atoms with E-state index in [0.29, 0.717) is 6.54 Å². The molecule has 1 saturated heterocycles. The molecule has 1 atom stereocenters. The summed E-state index contributed by atoms with van der Waals surface area (Å²) >= 11 is 5.68. The molecule has 1 aliphatic heterocycles. The van der Waals surface area contributed by atoms with Gasteiger partial charge in [-0.15, -0.1) is 12.4 Å². The first-order valence-corrected chi connectivity index (χ1v) is 7.24. The highest BCUT2D eigenvalue weighted by Crippen LogP contribution is 2.29. The van der Waals surface area contributed by atoms with E-state index in [1.165, 1.54) is 12.1 Å². The van der Waals surface area contributed by atoms with E-state index in [1.54, 1.807) is 0 Å². The minimum Gasteiger partial charge on any atom is -0.350 e. The number of hydrogen-bond acceptors (Lipinski definition) is 2. The molecule has 1 fully saturated rings. The zero-order valence-electron chi connectivity index (χ0n) is 12.2. The minimum atomic E-state index is -0.592. The molecule has 0 spiro atoms. The van der Waals surface area contributed by atoms with Gasteiger partial charge < -0.3 is 10.6 Å². The maximum absolute atomic E-state index is 13.7. The highest BCUT2D eigenvalue weighted by molar-refractivity contribution is 6.30. The maximum Gasteiger partial charge on any atom is 0.254 e. The summed E-state index contributed by atoms with van der Waals surface area (Å²) in [5.74, 6) is -0.992. The molecule has 0 saturated carbocycles. The fraction of sp³-hybridized carbons (Fsp3) is 0.533. The van der Waals surface area contributed by atoms with E-state index in [2.05, 4.69) is 24.5 Å². The normalized spacial score (nSPS) is 20.5. The van der Waals surface area contributed by atoms with Crippen molar-refractivity contribution in [1.29, 1.82) is 0 Å². The number of carbonyl (C=O) groups is 1. The van der Waals surface area contributed by atoms with E-state index in [9.17, 15) is 9.18 Å². The van der Waals surface area contributed by atoms with Crippen molar-refractivity contribution in [3.05, 3.63) is 34.6 Å². The third-order valence-electron chi connectivity index (χ3n) is 3.97. The monoisotopic (exact) mass is 334 g/mol. The van der Waals surface area contributed by atoms with Gasteiger partial charge in [0.1, 0.15) is 5.82 Å². The van der Waals surface area contributed by atoms with Gasteiger partial charge in [0.25, 0.3) is 5.91 Å². The quantitative estimate of drug-likeness (QED) is 0.889. The number of benzene rings is 1.